The number of nitrogens with zero attached hydrogens (tertiary/aromatic N) is 3. The van der Waals surface area contributed by atoms with Gasteiger partial charge in [-0.05, 0) is 66.3 Å². The Kier molecular flexibility index (Phi) is 8.56. The van der Waals surface area contributed by atoms with E-state index < -0.39 is 27.5 Å². The predicted octanol–water partition coefficient (Wildman–Crippen LogP) is 7.70. The number of halogens is 4. The molecule has 1 amide bonds. The maximum atomic E-state index is 14.8. The number of amidine groups is 1. The van der Waals surface area contributed by atoms with Gasteiger partial charge in [-0.2, -0.15) is 21.6 Å². The highest BCUT2D eigenvalue weighted by molar-refractivity contribution is 7.90. The van der Waals surface area contributed by atoms with Gasteiger partial charge in [0.25, 0.3) is 5.91 Å². The van der Waals surface area contributed by atoms with Crippen LogP contribution in [0.2, 0.25) is 0 Å². The van der Waals surface area contributed by atoms with Crippen molar-refractivity contribution in [2.45, 2.75) is 56.0 Å². The van der Waals surface area contributed by atoms with Crippen LogP contribution in [-0.4, -0.2) is 66.4 Å². The molecular formula is C38H35F4N5O4S. The summed E-state index contributed by atoms with van der Waals surface area (Å²) in [5, 5.41) is 11.3. The van der Waals surface area contributed by atoms with Crippen LogP contribution in [-0.2, 0) is 21.2 Å². The number of pyridine rings is 1. The monoisotopic (exact) mass is 733 g/mol. The summed E-state index contributed by atoms with van der Waals surface area (Å²) >= 11 is 0. The number of benzene rings is 3. The highest BCUT2D eigenvalue weighted by Gasteiger charge is 2.47. The lowest BCUT2D eigenvalue weighted by Gasteiger charge is -2.37. The molecule has 1 saturated heterocycles. The lowest BCUT2D eigenvalue weighted by Crippen LogP contribution is -2.45. The molecule has 2 fully saturated rings. The third-order valence-electron chi connectivity index (χ3n) is 10.6. The zero-order valence-electron chi connectivity index (χ0n) is 28.0. The second-order valence-corrected chi connectivity index (χ2v) is 15.3. The van der Waals surface area contributed by atoms with Gasteiger partial charge < -0.3 is 14.2 Å². The van der Waals surface area contributed by atoms with E-state index >= 15 is 0 Å². The normalized spacial score (nSPS) is 18.3. The number of alkyl halides is 3. The zero-order chi connectivity index (χ0) is 36.4. The van der Waals surface area contributed by atoms with Gasteiger partial charge in [-0.3, -0.25) is 10.2 Å². The van der Waals surface area contributed by atoms with Gasteiger partial charge in [0.15, 0.2) is 0 Å². The molecule has 1 aliphatic carbocycles. The number of aromatic nitrogens is 2. The number of carbonyl (C=O) groups is 1. The number of ether oxygens (including phenoxy) is 1. The number of nitrogens with one attached hydrogen (secondary N) is 2. The van der Waals surface area contributed by atoms with Crippen LogP contribution in [0, 0.1) is 11.2 Å². The molecule has 1 saturated carbocycles. The quantitative estimate of drug-likeness (QED) is 0.109. The fraction of sp³-hybridized carbons (Fsp3) is 0.342. The molecule has 1 unspecified atom stereocenters. The number of morpholine rings is 1. The van der Waals surface area contributed by atoms with Crippen molar-refractivity contribution in [1.82, 2.24) is 19.2 Å². The number of carbonyl (C=O) groups excluding carboxylic acids is 1. The maximum absolute atomic E-state index is 14.8. The lowest BCUT2D eigenvalue weighted by atomic mass is 9.80. The first kappa shape index (κ1) is 34.3. The van der Waals surface area contributed by atoms with Gasteiger partial charge in [0.2, 0.25) is 0 Å². The molecule has 1 atom stereocenters. The standard InChI is InChI=1S/C38H35F4N5O4S/c39-29-9-5-4-8-26(29)31-14-12-24-28-21-33(36(43)46-16-18-51-19-17-46)47-32-20-23(37(48)45-52(49,50)38(40,41)42)10-11-27(32)34(22-6-2-1-3-7-22)35(47)25(28)13-15-30(24)44-31/h4-5,8-15,20,22,33,43H,1-3,6-7,16-19,21H2,(H,45,48). The molecule has 5 aromatic rings. The molecule has 2 aromatic heterocycles. The van der Waals surface area contributed by atoms with E-state index in [1.54, 1.807) is 30.3 Å². The van der Waals surface area contributed by atoms with Crippen molar-refractivity contribution in [1.29, 1.82) is 5.41 Å². The van der Waals surface area contributed by atoms with Crippen LogP contribution in [0.5, 0.6) is 0 Å². The van der Waals surface area contributed by atoms with Crippen LogP contribution in [0.15, 0.2) is 66.7 Å². The van der Waals surface area contributed by atoms with Crippen molar-refractivity contribution in [2.75, 3.05) is 26.3 Å². The summed E-state index contributed by atoms with van der Waals surface area (Å²) in [6.45, 7) is 1.89. The van der Waals surface area contributed by atoms with Gasteiger partial charge in [-0.1, -0.05) is 49.6 Å². The van der Waals surface area contributed by atoms with Gasteiger partial charge in [-0.25, -0.2) is 14.1 Å². The molecule has 3 aromatic carbocycles. The second kappa shape index (κ2) is 13.0. The Morgan fingerprint density at radius 2 is 1.65 bits per heavy atom. The van der Waals surface area contributed by atoms with E-state index in [0.717, 1.165) is 65.3 Å². The highest BCUT2D eigenvalue weighted by atomic mass is 32.2. The molecule has 4 heterocycles. The highest BCUT2D eigenvalue weighted by Crippen LogP contribution is 2.50. The summed E-state index contributed by atoms with van der Waals surface area (Å²) < 4.78 is 87.0. The van der Waals surface area contributed by atoms with Gasteiger partial charge in [0.1, 0.15) is 11.7 Å². The Labute approximate surface area is 297 Å². The van der Waals surface area contributed by atoms with Crippen molar-refractivity contribution < 1.29 is 35.5 Å². The molecule has 2 aliphatic heterocycles. The summed E-state index contributed by atoms with van der Waals surface area (Å²) in [6.07, 6.45) is 5.34. The number of fused-ring (bicyclic) bond motifs is 7. The van der Waals surface area contributed by atoms with Crippen LogP contribution in [0.25, 0.3) is 44.3 Å². The predicted molar refractivity (Wildman–Crippen MR) is 189 cm³/mol. The van der Waals surface area contributed by atoms with Crippen molar-refractivity contribution >= 4 is 43.6 Å². The van der Waals surface area contributed by atoms with E-state index in [4.69, 9.17) is 9.72 Å². The second-order valence-electron chi connectivity index (χ2n) is 13.6. The van der Waals surface area contributed by atoms with E-state index in [0.29, 0.717) is 60.9 Å². The first-order chi connectivity index (χ1) is 24.9. The smallest absolute Gasteiger partial charge is 0.378 e. The topological polar surface area (TPSA) is 117 Å². The third-order valence-corrected chi connectivity index (χ3v) is 11.7. The Morgan fingerprint density at radius 3 is 2.38 bits per heavy atom. The Hall–Kier alpha value is -4.82. The average molecular weight is 734 g/mol. The molecule has 270 valence electrons. The van der Waals surface area contributed by atoms with Crippen LogP contribution in [0.4, 0.5) is 17.6 Å². The van der Waals surface area contributed by atoms with Gasteiger partial charge in [-0.15, -0.1) is 0 Å². The molecule has 0 spiro atoms. The minimum Gasteiger partial charge on any atom is -0.378 e. The maximum Gasteiger partial charge on any atom is 0.516 e. The number of hydrogen-bond donors (Lipinski definition) is 2. The fourth-order valence-electron chi connectivity index (χ4n) is 8.16. The average Bonchev–Trinajstić information content (AvgIpc) is 3.49. The summed E-state index contributed by atoms with van der Waals surface area (Å²) in [5.74, 6) is -1.31. The van der Waals surface area contributed by atoms with E-state index in [9.17, 15) is 36.2 Å². The van der Waals surface area contributed by atoms with Crippen molar-refractivity contribution in [2.24, 2.45) is 0 Å². The van der Waals surface area contributed by atoms with Crippen LogP contribution in [0.3, 0.4) is 0 Å². The summed E-state index contributed by atoms with van der Waals surface area (Å²) in [6, 6.07) is 18.0. The molecule has 8 rings (SSSR count). The van der Waals surface area contributed by atoms with Crippen LogP contribution < -0.4 is 4.72 Å². The SMILES string of the molecule is N=C(C1Cc2c(ccc3nc(-c4ccccc4F)ccc23)-c2c(C3CCCCC3)c3ccc(C(=O)NS(=O)(=O)C(F)(F)F)cc3n21)N1CCOCC1. The number of rotatable bonds is 5. The van der Waals surface area contributed by atoms with E-state index in [-0.39, 0.29) is 17.3 Å². The Bertz CT molecular complexity index is 2360. The summed E-state index contributed by atoms with van der Waals surface area (Å²) in [5.41, 5.74) is -0.0274. The number of hydrogen-bond acceptors (Lipinski definition) is 6. The van der Waals surface area contributed by atoms with Gasteiger partial charge >= 0.3 is 15.5 Å². The third kappa shape index (κ3) is 5.81. The molecule has 2 N–H and O–H groups in total. The van der Waals surface area contributed by atoms with Crippen LogP contribution in [0.1, 0.15) is 65.5 Å². The Balaban J connectivity index is 1.36. The number of amides is 1. The van der Waals surface area contributed by atoms with E-state index in [1.165, 1.54) is 22.9 Å². The summed E-state index contributed by atoms with van der Waals surface area (Å²) in [7, 11) is -5.94. The van der Waals surface area contributed by atoms with Gasteiger partial charge in [0, 0.05) is 47.0 Å². The first-order valence-electron chi connectivity index (χ1n) is 17.3. The molecule has 0 bridgehead atoms. The molecule has 0 radical (unpaired) electrons. The molecule has 14 heteroatoms. The van der Waals surface area contributed by atoms with Crippen molar-refractivity contribution in [3.8, 4) is 22.5 Å². The largest absolute Gasteiger partial charge is 0.516 e. The van der Waals surface area contributed by atoms with E-state index in [2.05, 4.69) is 0 Å². The minimum atomic E-state index is -5.94. The summed E-state index contributed by atoms with van der Waals surface area (Å²) in [4.78, 5) is 19.9. The van der Waals surface area contributed by atoms with Crippen LogP contribution >= 0.6 is 0 Å². The number of sulfonamides is 1. The Morgan fingerprint density at radius 1 is 0.923 bits per heavy atom. The lowest BCUT2D eigenvalue weighted by molar-refractivity contribution is -0.0446. The van der Waals surface area contributed by atoms with E-state index in [1.807, 2.05) is 27.7 Å². The fourth-order valence-corrected chi connectivity index (χ4v) is 8.64. The molecule has 9 nitrogen and oxygen atoms in total. The zero-order valence-corrected chi connectivity index (χ0v) is 28.8. The molecule has 3 aliphatic rings. The first-order valence-corrected chi connectivity index (χ1v) is 18.8. The van der Waals surface area contributed by atoms with Crippen molar-refractivity contribution in [3.05, 3.63) is 89.2 Å². The van der Waals surface area contributed by atoms with Gasteiger partial charge in [0.05, 0.1) is 41.7 Å². The molecule has 52 heavy (non-hydrogen) atoms. The van der Waals surface area contributed by atoms with Crippen molar-refractivity contribution in [3.63, 3.8) is 0 Å². The minimum absolute atomic E-state index is 0.138. The molecular weight excluding hydrogens is 699 g/mol.